The second-order valence-electron chi connectivity index (χ2n) is 8.58. The minimum absolute atomic E-state index is 0.0149. The van der Waals surface area contributed by atoms with Crippen LogP contribution in [-0.2, 0) is 35.2 Å². The molecule has 1 rings (SSSR count). The van der Waals surface area contributed by atoms with Gasteiger partial charge in [0.25, 0.3) is 0 Å². The average Bonchev–Trinajstić information content (AvgIpc) is 2.79. The summed E-state index contributed by atoms with van der Waals surface area (Å²) in [5.74, 6) is -6.50. The Kier molecular flexibility index (Phi) is 12.0. The van der Waals surface area contributed by atoms with Gasteiger partial charge in [0.15, 0.2) is 0 Å². The van der Waals surface area contributed by atoms with Crippen LogP contribution in [0.4, 0.5) is 0 Å². The van der Waals surface area contributed by atoms with Crippen LogP contribution in [0.1, 0.15) is 38.7 Å². The Morgan fingerprint density at radius 1 is 0.833 bits per heavy atom. The standard InChI is InChI=1S/C23H33N5O8/c1-12(2)19(25)22(34)28-15(10-13-6-4-3-5-7-13)20(32)27-16(11-18(30)31)21(33)26-14(23(35)36)8-9-17(24)29/h3-7,12,14-16,19H,8-11,25H2,1-2H3,(H2,24,29)(H,26,33)(H,27,32)(H,28,34)(H,30,31)(H,35,36). The molecule has 0 fully saturated rings. The van der Waals surface area contributed by atoms with Gasteiger partial charge in [0.2, 0.25) is 23.6 Å². The summed E-state index contributed by atoms with van der Waals surface area (Å²) in [4.78, 5) is 72.1. The summed E-state index contributed by atoms with van der Waals surface area (Å²) in [6.45, 7) is 3.45. The van der Waals surface area contributed by atoms with Gasteiger partial charge in [-0.2, -0.15) is 0 Å². The lowest BCUT2D eigenvalue weighted by molar-refractivity contribution is -0.143. The summed E-state index contributed by atoms with van der Waals surface area (Å²) in [6, 6.07) is 3.31. The molecule has 198 valence electrons. The Bertz CT molecular complexity index is 953. The molecule has 0 aliphatic rings. The van der Waals surface area contributed by atoms with Gasteiger partial charge in [0.05, 0.1) is 12.5 Å². The highest BCUT2D eigenvalue weighted by molar-refractivity contribution is 5.95. The highest BCUT2D eigenvalue weighted by Gasteiger charge is 2.32. The molecule has 0 saturated heterocycles. The Labute approximate surface area is 208 Å². The van der Waals surface area contributed by atoms with Crippen LogP contribution in [0, 0.1) is 5.92 Å². The molecule has 0 bridgehead atoms. The van der Waals surface area contributed by atoms with Crippen molar-refractivity contribution in [2.24, 2.45) is 17.4 Å². The van der Waals surface area contributed by atoms with Crippen molar-refractivity contribution in [1.82, 2.24) is 16.0 Å². The van der Waals surface area contributed by atoms with E-state index >= 15 is 0 Å². The fraction of sp³-hybridized carbons (Fsp3) is 0.478. The van der Waals surface area contributed by atoms with Crippen LogP contribution < -0.4 is 27.4 Å². The highest BCUT2D eigenvalue weighted by atomic mass is 16.4. The molecule has 0 radical (unpaired) electrons. The van der Waals surface area contributed by atoms with Gasteiger partial charge in [-0.05, 0) is 17.9 Å². The third-order valence-corrected chi connectivity index (χ3v) is 5.24. The van der Waals surface area contributed by atoms with Crippen molar-refractivity contribution < 1.29 is 39.0 Å². The summed E-state index contributed by atoms with van der Waals surface area (Å²) >= 11 is 0. The minimum Gasteiger partial charge on any atom is -0.481 e. The Hall–Kier alpha value is -4.00. The first-order valence-electron chi connectivity index (χ1n) is 11.2. The third kappa shape index (κ3) is 10.5. The molecule has 9 N–H and O–H groups in total. The fourth-order valence-electron chi connectivity index (χ4n) is 3.10. The number of benzene rings is 1. The molecule has 36 heavy (non-hydrogen) atoms. The summed E-state index contributed by atoms with van der Waals surface area (Å²) in [5, 5.41) is 25.5. The van der Waals surface area contributed by atoms with Gasteiger partial charge in [-0.15, -0.1) is 0 Å². The average molecular weight is 508 g/mol. The maximum atomic E-state index is 13.1. The summed E-state index contributed by atoms with van der Waals surface area (Å²) in [7, 11) is 0. The van der Waals surface area contributed by atoms with Crippen LogP contribution in [0.3, 0.4) is 0 Å². The number of aliphatic carboxylic acids is 2. The molecule has 13 nitrogen and oxygen atoms in total. The van der Waals surface area contributed by atoms with Crippen molar-refractivity contribution in [2.45, 2.75) is 63.7 Å². The zero-order chi connectivity index (χ0) is 27.4. The lowest BCUT2D eigenvalue weighted by Crippen LogP contribution is -2.58. The predicted molar refractivity (Wildman–Crippen MR) is 127 cm³/mol. The molecule has 1 aromatic rings. The summed E-state index contributed by atoms with van der Waals surface area (Å²) in [6.07, 6.45) is -1.52. The molecule has 0 heterocycles. The molecular formula is C23H33N5O8. The van der Waals surface area contributed by atoms with E-state index < -0.39 is 66.2 Å². The van der Waals surface area contributed by atoms with E-state index in [4.69, 9.17) is 11.5 Å². The van der Waals surface area contributed by atoms with Gasteiger partial charge in [0.1, 0.15) is 18.1 Å². The van der Waals surface area contributed by atoms with E-state index in [9.17, 15) is 39.0 Å². The predicted octanol–water partition coefficient (Wildman–Crippen LogP) is -1.51. The van der Waals surface area contributed by atoms with Gasteiger partial charge in [-0.3, -0.25) is 24.0 Å². The number of carbonyl (C=O) groups excluding carboxylic acids is 4. The zero-order valence-electron chi connectivity index (χ0n) is 20.1. The molecule has 4 amide bonds. The maximum absolute atomic E-state index is 13.1. The molecule has 0 spiro atoms. The molecule has 0 aromatic heterocycles. The molecule has 1 aromatic carbocycles. The molecule has 13 heteroatoms. The number of hydrogen-bond acceptors (Lipinski definition) is 7. The topological polar surface area (TPSA) is 231 Å². The molecule has 0 saturated carbocycles. The number of primary amides is 1. The maximum Gasteiger partial charge on any atom is 0.326 e. The van der Waals surface area contributed by atoms with Crippen LogP contribution in [-0.4, -0.2) is 69.9 Å². The van der Waals surface area contributed by atoms with E-state index in [2.05, 4.69) is 16.0 Å². The molecule has 4 atom stereocenters. The van der Waals surface area contributed by atoms with Crippen molar-refractivity contribution >= 4 is 35.6 Å². The number of hydrogen-bond donors (Lipinski definition) is 7. The number of rotatable bonds is 15. The number of nitrogens with one attached hydrogen (secondary N) is 3. The van der Waals surface area contributed by atoms with Crippen molar-refractivity contribution in [2.75, 3.05) is 0 Å². The largest absolute Gasteiger partial charge is 0.481 e. The number of carboxylic acid groups (broad SMARTS) is 2. The van der Waals surface area contributed by atoms with Crippen LogP contribution in [0.15, 0.2) is 30.3 Å². The van der Waals surface area contributed by atoms with Gasteiger partial charge in [-0.25, -0.2) is 4.79 Å². The third-order valence-electron chi connectivity index (χ3n) is 5.24. The molecule has 4 unspecified atom stereocenters. The van der Waals surface area contributed by atoms with Gasteiger partial charge >= 0.3 is 11.9 Å². The van der Waals surface area contributed by atoms with Crippen molar-refractivity contribution in [3.05, 3.63) is 35.9 Å². The number of carboxylic acids is 2. The Morgan fingerprint density at radius 3 is 1.86 bits per heavy atom. The van der Waals surface area contributed by atoms with Gasteiger partial charge < -0.3 is 37.6 Å². The smallest absolute Gasteiger partial charge is 0.326 e. The fourth-order valence-corrected chi connectivity index (χ4v) is 3.10. The second kappa shape index (κ2) is 14.4. The zero-order valence-corrected chi connectivity index (χ0v) is 20.1. The number of carbonyl (C=O) groups is 6. The first-order valence-corrected chi connectivity index (χ1v) is 11.2. The van der Waals surface area contributed by atoms with Crippen molar-refractivity contribution in [3.8, 4) is 0 Å². The normalized spacial score (nSPS) is 14.1. The number of amides is 4. The molecule has 0 aliphatic carbocycles. The highest BCUT2D eigenvalue weighted by Crippen LogP contribution is 2.07. The van der Waals surface area contributed by atoms with E-state index in [1.807, 2.05) is 0 Å². The second-order valence-corrected chi connectivity index (χ2v) is 8.58. The molecular weight excluding hydrogens is 474 g/mol. The monoisotopic (exact) mass is 507 g/mol. The Balaban J connectivity index is 3.10. The van der Waals surface area contributed by atoms with Crippen LogP contribution in [0.2, 0.25) is 0 Å². The van der Waals surface area contributed by atoms with E-state index in [0.29, 0.717) is 5.56 Å². The quantitative estimate of drug-likeness (QED) is 0.146. The van der Waals surface area contributed by atoms with Crippen molar-refractivity contribution in [3.63, 3.8) is 0 Å². The van der Waals surface area contributed by atoms with E-state index in [0.717, 1.165) is 0 Å². The van der Waals surface area contributed by atoms with E-state index in [1.54, 1.807) is 44.2 Å². The van der Waals surface area contributed by atoms with Gasteiger partial charge in [0, 0.05) is 12.8 Å². The lowest BCUT2D eigenvalue weighted by Gasteiger charge is -2.25. The van der Waals surface area contributed by atoms with E-state index in [1.165, 1.54) is 0 Å². The summed E-state index contributed by atoms with van der Waals surface area (Å²) in [5.41, 5.74) is 11.6. The molecule has 0 aliphatic heterocycles. The Morgan fingerprint density at radius 2 is 1.36 bits per heavy atom. The van der Waals surface area contributed by atoms with E-state index in [-0.39, 0.29) is 25.2 Å². The van der Waals surface area contributed by atoms with Gasteiger partial charge in [-0.1, -0.05) is 44.2 Å². The van der Waals surface area contributed by atoms with Crippen LogP contribution in [0.5, 0.6) is 0 Å². The SMILES string of the molecule is CC(C)C(N)C(=O)NC(Cc1ccccc1)C(=O)NC(CC(=O)O)C(=O)NC(CCC(N)=O)C(=O)O. The van der Waals surface area contributed by atoms with Crippen LogP contribution >= 0.6 is 0 Å². The van der Waals surface area contributed by atoms with Crippen molar-refractivity contribution in [1.29, 1.82) is 0 Å². The minimum atomic E-state index is -1.67. The lowest BCUT2D eigenvalue weighted by atomic mass is 10.0. The number of nitrogens with two attached hydrogens (primary N) is 2. The van der Waals surface area contributed by atoms with Crippen LogP contribution in [0.25, 0.3) is 0 Å². The summed E-state index contributed by atoms with van der Waals surface area (Å²) < 4.78 is 0. The first kappa shape index (κ1) is 30.0. The first-order chi connectivity index (χ1) is 16.8.